The molecule has 0 N–H and O–H groups in total. The van der Waals surface area contributed by atoms with Gasteiger partial charge in [-0.1, -0.05) is 13.0 Å². The van der Waals surface area contributed by atoms with Crippen molar-refractivity contribution in [2.45, 2.75) is 13.3 Å². The summed E-state index contributed by atoms with van der Waals surface area (Å²) in [6.07, 6.45) is 1.96. The van der Waals surface area contributed by atoms with E-state index in [0.29, 0.717) is 11.3 Å². The van der Waals surface area contributed by atoms with E-state index in [1.807, 2.05) is 0 Å². The Hall–Kier alpha value is -0.334. The van der Waals surface area contributed by atoms with Gasteiger partial charge >= 0.3 is 51.4 Å². The van der Waals surface area contributed by atoms with Crippen LogP contribution < -0.4 is 56.3 Å². The maximum Gasteiger partial charge on any atom is 1.00 e. The van der Waals surface area contributed by atoms with Crippen molar-refractivity contribution in [2.75, 3.05) is 4.90 Å². The van der Waals surface area contributed by atoms with E-state index < -0.39 is 0 Å². The van der Waals surface area contributed by atoms with E-state index in [2.05, 4.69) is 0 Å². The molecular formula is C12H10KNO3. The second kappa shape index (κ2) is 6.02. The Bertz CT molecular complexity index is 473. The molecule has 1 aliphatic rings. The monoisotopic (exact) mass is 255 g/mol. The Kier molecular flexibility index (Phi) is 5.21. The molecule has 0 spiro atoms. The van der Waals surface area contributed by atoms with Gasteiger partial charge in [0.2, 0.25) is 11.8 Å². The van der Waals surface area contributed by atoms with Gasteiger partial charge in [0.25, 0.3) is 0 Å². The molecule has 1 atom stereocenters. The number of rotatable bonds is 2. The van der Waals surface area contributed by atoms with Gasteiger partial charge in [-0.3, -0.25) is 14.5 Å². The molecule has 0 aliphatic carbocycles. The number of imide groups is 1. The van der Waals surface area contributed by atoms with Crippen molar-refractivity contribution in [3.8, 4) is 0 Å². The number of carbonyl (C=O) groups excluding carboxylic acids is 3. The standard InChI is InChI=1S/C12H10NO3.K/c1-8-5-11(15)13(12(8)16)10-4-2-3-9(6-10)7-14;/h2-4,6,8H,5H2,1H3;/q-1;+1. The molecule has 4 nitrogen and oxygen atoms in total. The molecular weight excluding hydrogens is 245 g/mol. The molecule has 1 fully saturated rings. The molecule has 1 saturated heterocycles. The topological polar surface area (TPSA) is 54.5 Å². The van der Waals surface area contributed by atoms with E-state index >= 15 is 0 Å². The minimum atomic E-state index is -0.281. The van der Waals surface area contributed by atoms with Crippen molar-refractivity contribution in [1.82, 2.24) is 0 Å². The van der Waals surface area contributed by atoms with Crippen molar-refractivity contribution >= 4 is 23.8 Å². The minimum Gasteiger partial charge on any atom is -0.376 e. The summed E-state index contributed by atoms with van der Waals surface area (Å²) in [6.45, 7) is 1.72. The molecule has 0 aromatic heterocycles. The first-order chi connectivity index (χ1) is 7.63. The van der Waals surface area contributed by atoms with Gasteiger partial charge in [-0.25, -0.2) is 0 Å². The first-order valence-corrected chi connectivity index (χ1v) is 4.98. The average Bonchev–Trinajstić information content (AvgIpc) is 2.53. The van der Waals surface area contributed by atoms with Gasteiger partial charge in [0.15, 0.2) is 0 Å². The van der Waals surface area contributed by atoms with Gasteiger partial charge in [-0.15, -0.1) is 17.7 Å². The summed E-state index contributed by atoms with van der Waals surface area (Å²) in [7, 11) is 0. The van der Waals surface area contributed by atoms with Gasteiger partial charge in [-0.05, 0) is 5.69 Å². The van der Waals surface area contributed by atoms with Crippen LogP contribution in [0.15, 0.2) is 24.3 Å². The van der Waals surface area contributed by atoms with Gasteiger partial charge in [-0.2, -0.15) is 6.07 Å². The molecule has 1 aliphatic heterocycles. The molecule has 0 bridgehead atoms. The molecule has 17 heavy (non-hydrogen) atoms. The predicted octanol–water partition coefficient (Wildman–Crippen LogP) is -1.95. The second-order valence-corrected chi connectivity index (χ2v) is 3.82. The van der Waals surface area contributed by atoms with Crippen LogP contribution in [0.25, 0.3) is 0 Å². The van der Waals surface area contributed by atoms with Crippen LogP contribution in [0.4, 0.5) is 5.69 Å². The van der Waals surface area contributed by atoms with E-state index in [-0.39, 0.29) is 75.5 Å². The third kappa shape index (κ3) is 2.92. The normalized spacial score (nSPS) is 19.1. The van der Waals surface area contributed by atoms with E-state index in [0.717, 1.165) is 4.90 Å². The molecule has 0 saturated carbocycles. The van der Waals surface area contributed by atoms with Crippen LogP contribution in [0.2, 0.25) is 0 Å². The zero-order chi connectivity index (χ0) is 11.7. The summed E-state index contributed by atoms with van der Waals surface area (Å²) in [5, 5.41) is 0. The summed E-state index contributed by atoms with van der Waals surface area (Å²) in [5.74, 6) is -0.718. The predicted molar refractivity (Wildman–Crippen MR) is 57.5 cm³/mol. The number of amides is 2. The van der Waals surface area contributed by atoms with Gasteiger partial charge in [0, 0.05) is 12.3 Å². The van der Waals surface area contributed by atoms with E-state index in [9.17, 15) is 14.4 Å². The van der Waals surface area contributed by atoms with Crippen LogP contribution in [0.1, 0.15) is 18.9 Å². The van der Waals surface area contributed by atoms with Crippen molar-refractivity contribution in [3.05, 3.63) is 29.8 Å². The number of benzene rings is 1. The Morgan fingerprint density at radius 1 is 1.35 bits per heavy atom. The number of anilines is 1. The molecule has 1 unspecified atom stereocenters. The zero-order valence-electron chi connectivity index (χ0n) is 9.77. The molecule has 1 heterocycles. The molecule has 5 heteroatoms. The third-order valence-corrected chi connectivity index (χ3v) is 2.59. The van der Waals surface area contributed by atoms with Crippen molar-refractivity contribution in [2.24, 2.45) is 5.92 Å². The van der Waals surface area contributed by atoms with Crippen LogP contribution >= 0.6 is 0 Å². The fourth-order valence-corrected chi connectivity index (χ4v) is 1.76. The van der Waals surface area contributed by atoms with E-state index in [1.54, 1.807) is 31.4 Å². The van der Waals surface area contributed by atoms with Crippen LogP contribution in [-0.2, 0) is 14.4 Å². The molecule has 1 aromatic carbocycles. The smallest absolute Gasteiger partial charge is 0.376 e. The van der Waals surface area contributed by atoms with Gasteiger partial charge in [0.1, 0.15) is 0 Å². The number of carbonyl (C=O) groups is 2. The quantitative estimate of drug-likeness (QED) is 0.350. The Morgan fingerprint density at radius 3 is 2.59 bits per heavy atom. The van der Waals surface area contributed by atoms with Gasteiger partial charge < -0.3 is 4.79 Å². The molecule has 0 radical (unpaired) electrons. The fraction of sp³-hybridized carbons (Fsp3) is 0.250. The van der Waals surface area contributed by atoms with Crippen LogP contribution in [-0.4, -0.2) is 18.1 Å². The maximum atomic E-state index is 11.7. The maximum absolute atomic E-state index is 11.7. The molecule has 2 rings (SSSR count). The van der Waals surface area contributed by atoms with Crippen molar-refractivity contribution < 1.29 is 65.8 Å². The average molecular weight is 255 g/mol. The van der Waals surface area contributed by atoms with E-state index in [4.69, 9.17) is 0 Å². The molecule has 1 aromatic rings. The Labute approximate surface area is 142 Å². The number of hydrogen-bond acceptors (Lipinski definition) is 3. The molecule has 82 valence electrons. The third-order valence-electron chi connectivity index (χ3n) is 2.59. The second-order valence-electron chi connectivity index (χ2n) is 3.82. The fourth-order valence-electron chi connectivity index (χ4n) is 1.76. The SMILES string of the molecule is CC1CC(=O)N(c2cccc([C-]=O)c2)C1=O.[K+]. The Balaban J connectivity index is 0.00000144. The van der Waals surface area contributed by atoms with Crippen LogP contribution in [0, 0.1) is 5.92 Å². The number of nitrogens with zero attached hydrogens (tertiary/aromatic N) is 1. The first kappa shape index (κ1) is 14.7. The summed E-state index contributed by atoms with van der Waals surface area (Å²) in [6, 6.07) is 6.32. The first-order valence-electron chi connectivity index (χ1n) is 4.98. The summed E-state index contributed by atoms with van der Waals surface area (Å²) in [4.78, 5) is 34.9. The summed E-state index contributed by atoms with van der Waals surface area (Å²) < 4.78 is 0. The largest absolute Gasteiger partial charge is 1.00 e. The summed E-state index contributed by atoms with van der Waals surface area (Å²) in [5.41, 5.74) is 0.776. The van der Waals surface area contributed by atoms with Crippen LogP contribution in [0.5, 0.6) is 0 Å². The zero-order valence-corrected chi connectivity index (χ0v) is 12.9. The van der Waals surface area contributed by atoms with Crippen molar-refractivity contribution in [1.29, 1.82) is 0 Å². The molecule has 2 amide bonds. The van der Waals surface area contributed by atoms with Gasteiger partial charge in [0.05, 0.1) is 6.29 Å². The van der Waals surface area contributed by atoms with Crippen LogP contribution in [0.3, 0.4) is 0 Å². The number of hydrogen-bond donors (Lipinski definition) is 0. The van der Waals surface area contributed by atoms with Crippen molar-refractivity contribution in [3.63, 3.8) is 0 Å². The Morgan fingerprint density at radius 2 is 2.06 bits per heavy atom. The summed E-state index contributed by atoms with van der Waals surface area (Å²) >= 11 is 0. The minimum absolute atomic E-state index is 0. The van der Waals surface area contributed by atoms with E-state index in [1.165, 1.54) is 6.07 Å².